The van der Waals surface area contributed by atoms with E-state index in [9.17, 15) is 9.18 Å². The van der Waals surface area contributed by atoms with Crippen LogP contribution in [0, 0.1) is 11.7 Å². The van der Waals surface area contributed by atoms with E-state index in [1.807, 2.05) is 13.2 Å². The van der Waals surface area contributed by atoms with Crippen molar-refractivity contribution in [2.75, 3.05) is 24.8 Å². The number of rotatable bonds is 4. The van der Waals surface area contributed by atoms with Crippen molar-refractivity contribution in [1.29, 1.82) is 0 Å². The number of carbonyl (C=O) groups excluding carboxylic acids is 1. The molecule has 2 amide bonds. The summed E-state index contributed by atoms with van der Waals surface area (Å²) in [6, 6.07) is 4.48. The van der Waals surface area contributed by atoms with Gasteiger partial charge in [-0.05, 0) is 50.1 Å². The van der Waals surface area contributed by atoms with Crippen LogP contribution in [-0.4, -0.2) is 31.5 Å². The van der Waals surface area contributed by atoms with Gasteiger partial charge in [-0.15, -0.1) is 11.8 Å². The molecular formula is C15H21FN2O2S. The van der Waals surface area contributed by atoms with E-state index in [1.165, 1.54) is 17.8 Å². The lowest BCUT2D eigenvalue weighted by Crippen LogP contribution is -2.42. The van der Waals surface area contributed by atoms with Crippen LogP contribution in [-0.2, 0) is 4.74 Å². The Balaban J connectivity index is 1.87. The van der Waals surface area contributed by atoms with E-state index in [4.69, 9.17) is 4.74 Å². The third kappa shape index (κ3) is 4.61. The number of nitrogens with one attached hydrogen (secondary N) is 2. The van der Waals surface area contributed by atoms with Gasteiger partial charge in [0.1, 0.15) is 5.82 Å². The first-order chi connectivity index (χ1) is 10.1. The van der Waals surface area contributed by atoms with Crippen molar-refractivity contribution in [2.45, 2.75) is 30.7 Å². The molecule has 0 radical (unpaired) electrons. The van der Waals surface area contributed by atoms with Gasteiger partial charge in [-0.25, -0.2) is 9.18 Å². The molecule has 1 fully saturated rings. The van der Waals surface area contributed by atoms with Crippen LogP contribution < -0.4 is 10.6 Å². The molecule has 0 aliphatic carbocycles. The minimum absolute atomic E-state index is 0.0733. The quantitative estimate of drug-likeness (QED) is 0.837. The van der Waals surface area contributed by atoms with Crippen molar-refractivity contribution in [2.24, 2.45) is 5.92 Å². The summed E-state index contributed by atoms with van der Waals surface area (Å²) in [5.41, 5.74) is 0.460. The topological polar surface area (TPSA) is 50.4 Å². The lowest BCUT2D eigenvalue weighted by Gasteiger charge is -2.28. The lowest BCUT2D eigenvalue weighted by atomic mass is 9.93. The van der Waals surface area contributed by atoms with Crippen LogP contribution in [0.5, 0.6) is 0 Å². The van der Waals surface area contributed by atoms with Gasteiger partial charge in [-0.2, -0.15) is 0 Å². The summed E-state index contributed by atoms with van der Waals surface area (Å²) in [6.07, 6.45) is 3.73. The molecule has 1 heterocycles. The molecule has 4 nitrogen and oxygen atoms in total. The molecular weight excluding hydrogens is 291 g/mol. The second-order valence-electron chi connectivity index (χ2n) is 5.19. The highest BCUT2D eigenvalue weighted by atomic mass is 32.2. The molecule has 0 unspecified atom stereocenters. The summed E-state index contributed by atoms with van der Waals surface area (Å²) in [6.45, 7) is 3.49. The second-order valence-corrected chi connectivity index (χ2v) is 6.03. The smallest absolute Gasteiger partial charge is 0.319 e. The molecule has 1 aromatic carbocycles. The van der Waals surface area contributed by atoms with Gasteiger partial charge < -0.3 is 15.4 Å². The van der Waals surface area contributed by atoms with Crippen molar-refractivity contribution >= 4 is 23.5 Å². The van der Waals surface area contributed by atoms with Crippen molar-refractivity contribution in [3.63, 3.8) is 0 Å². The van der Waals surface area contributed by atoms with Crippen molar-refractivity contribution in [3.05, 3.63) is 24.0 Å². The first-order valence-corrected chi connectivity index (χ1v) is 8.31. The number of thioether (sulfide) groups is 1. The second kappa shape index (κ2) is 7.66. The third-order valence-electron chi connectivity index (χ3n) is 3.74. The van der Waals surface area contributed by atoms with Crippen LogP contribution in [0.1, 0.15) is 19.8 Å². The van der Waals surface area contributed by atoms with Crippen LogP contribution in [0.2, 0.25) is 0 Å². The maximum Gasteiger partial charge on any atom is 0.319 e. The molecule has 1 saturated heterocycles. The zero-order valence-electron chi connectivity index (χ0n) is 12.3. The Kier molecular flexibility index (Phi) is 5.87. The highest BCUT2D eigenvalue weighted by Gasteiger charge is 2.21. The van der Waals surface area contributed by atoms with Crippen LogP contribution in [0.4, 0.5) is 14.9 Å². The molecule has 0 spiro atoms. The SMILES string of the molecule is CSc1ccc(NC(=O)N[C@H](C)C2CCOCC2)cc1F. The summed E-state index contributed by atoms with van der Waals surface area (Å²) >= 11 is 1.34. The molecule has 0 saturated carbocycles. The van der Waals surface area contributed by atoms with Crippen LogP contribution in [0.25, 0.3) is 0 Å². The monoisotopic (exact) mass is 312 g/mol. The van der Waals surface area contributed by atoms with Crippen molar-refractivity contribution in [3.8, 4) is 0 Å². The first kappa shape index (κ1) is 16.1. The van der Waals surface area contributed by atoms with E-state index in [-0.39, 0.29) is 17.9 Å². The first-order valence-electron chi connectivity index (χ1n) is 7.09. The normalized spacial score (nSPS) is 17.3. The van der Waals surface area contributed by atoms with Gasteiger partial charge in [0.2, 0.25) is 0 Å². The molecule has 0 aromatic heterocycles. The van der Waals surface area contributed by atoms with Gasteiger partial charge in [0.05, 0.1) is 0 Å². The van der Waals surface area contributed by atoms with Crippen LogP contribution in [0.15, 0.2) is 23.1 Å². The number of ether oxygens (including phenoxy) is 1. The fourth-order valence-corrected chi connectivity index (χ4v) is 2.91. The van der Waals surface area contributed by atoms with Gasteiger partial charge >= 0.3 is 6.03 Å². The Hall–Kier alpha value is -1.27. The fourth-order valence-electron chi connectivity index (χ4n) is 2.45. The van der Waals surface area contributed by atoms with Crippen LogP contribution in [0.3, 0.4) is 0 Å². The van der Waals surface area contributed by atoms with E-state index >= 15 is 0 Å². The molecule has 0 bridgehead atoms. The molecule has 1 aromatic rings. The summed E-state index contributed by atoms with van der Waals surface area (Å²) in [5, 5.41) is 5.59. The van der Waals surface area contributed by atoms with Crippen molar-refractivity contribution < 1.29 is 13.9 Å². The van der Waals surface area contributed by atoms with E-state index in [0.717, 1.165) is 26.1 Å². The number of hydrogen-bond donors (Lipinski definition) is 2. The predicted octanol–water partition coefficient (Wildman–Crippen LogP) is 3.48. The van der Waals surface area contributed by atoms with Crippen LogP contribution >= 0.6 is 11.8 Å². The summed E-state index contributed by atoms with van der Waals surface area (Å²) in [7, 11) is 0. The number of carbonyl (C=O) groups is 1. The molecule has 116 valence electrons. The number of hydrogen-bond acceptors (Lipinski definition) is 3. The highest BCUT2D eigenvalue weighted by molar-refractivity contribution is 7.98. The largest absolute Gasteiger partial charge is 0.381 e. The molecule has 1 aliphatic rings. The number of benzene rings is 1. The zero-order chi connectivity index (χ0) is 15.2. The summed E-state index contributed by atoms with van der Waals surface area (Å²) in [5.74, 6) is 0.109. The minimum atomic E-state index is -0.322. The van der Waals surface area contributed by atoms with E-state index in [2.05, 4.69) is 10.6 Å². The van der Waals surface area contributed by atoms with Crippen molar-refractivity contribution in [1.82, 2.24) is 5.32 Å². The number of amides is 2. The molecule has 1 aliphatic heterocycles. The van der Waals surface area contributed by atoms with Gasteiger partial charge in [-0.3, -0.25) is 0 Å². The Labute approximate surface area is 128 Å². The van der Waals surface area contributed by atoms with Gasteiger partial charge in [0.25, 0.3) is 0 Å². The molecule has 1 atom stereocenters. The number of urea groups is 1. The molecule has 2 rings (SSSR count). The Morgan fingerprint density at radius 1 is 1.43 bits per heavy atom. The zero-order valence-corrected chi connectivity index (χ0v) is 13.1. The maximum absolute atomic E-state index is 13.6. The average Bonchev–Trinajstić information content (AvgIpc) is 2.48. The lowest BCUT2D eigenvalue weighted by molar-refractivity contribution is 0.0573. The highest BCUT2D eigenvalue weighted by Crippen LogP contribution is 2.22. The molecule has 2 N–H and O–H groups in total. The number of halogens is 1. The standard InChI is InChI=1S/C15H21FN2O2S/c1-10(11-5-7-20-8-6-11)17-15(19)18-12-3-4-14(21-2)13(16)9-12/h3-4,9-11H,5-8H2,1-2H3,(H2,17,18,19)/t10-/m1/s1. The summed E-state index contributed by atoms with van der Waals surface area (Å²) < 4.78 is 19.0. The Bertz CT molecular complexity index is 493. The summed E-state index contributed by atoms with van der Waals surface area (Å²) in [4.78, 5) is 12.5. The fraction of sp³-hybridized carbons (Fsp3) is 0.533. The Morgan fingerprint density at radius 2 is 2.14 bits per heavy atom. The Morgan fingerprint density at radius 3 is 2.76 bits per heavy atom. The minimum Gasteiger partial charge on any atom is -0.381 e. The third-order valence-corrected chi connectivity index (χ3v) is 4.51. The van der Waals surface area contributed by atoms with Gasteiger partial charge in [0.15, 0.2) is 0 Å². The van der Waals surface area contributed by atoms with E-state index in [0.29, 0.717) is 16.5 Å². The number of anilines is 1. The predicted molar refractivity (Wildman–Crippen MR) is 83.3 cm³/mol. The maximum atomic E-state index is 13.6. The average molecular weight is 312 g/mol. The van der Waals surface area contributed by atoms with Gasteiger partial charge in [0, 0.05) is 29.8 Å². The molecule has 21 heavy (non-hydrogen) atoms. The van der Waals surface area contributed by atoms with E-state index in [1.54, 1.807) is 12.1 Å². The van der Waals surface area contributed by atoms with E-state index < -0.39 is 0 Å². The van der Waals surface area contributed by atoms with Gasteiger partial charge in [-0.1, -0.05) is 0 Å². The molecule has 6 heteroatoms.